The first-order valence-corrected chi connectivity index (χ1v) is 10.4. The van der Waals surface area contributed by atoms with Crippen LogP contribution < -0.4 is 0 Å². The number of aliphatic imine (C=N–C) groups is 1. The van der Waals surface area contributed by atoms with Crippen LogP contribution in [-0.4, -0.2) is 50.0 Å². The van der Waals surface area contributed by atoms with Gasteiger partial charge in [-0.3, -0.25) is 4.57 Å². The first-order chi connectivity index (χ1) is 14.5. The summed E-state index contributed by atoms with van der Waals surface area (Å²) >= 11 is 6.31. The number of fused-ring (bicyclic) bond motifs is 5. The fourth-order valence-electron chi connectivity index (χ4n) is 4.10. The molecule has 8 nitrogen and oxygen atoms in total. The van der Waals surface area contributed by atoms with Crippen molar-refractivity contribution < 1.29 is 9.47 Å². The number of benzene rings is 1. The number of nitrogens with zero attached hydrogens (tertiary/aromatic N) is 6. The van der Waals surface area contributed by atoms with E-state index < -0.39 is 0 Å². The molecule has 2 aliphatic heterocycles. The largest absolute Gasteiger partial charge is 0.474 e. The quantitative estimate of drug-likeness (QED) is 0.488. The summed E-state index contributed by atoms with van der Waals surface area (Å²) in [5.41, 5.74) is 3.57. The van der Waals surface area contributed by atoms with Crippen LogP contribution in [0.2, 0.25) is 5.02 Å². The summed E-state index contributed by atoms with van der Waals surface area (Å²) in [6, 6.07) is 5.93. The summed E-state index contributed by atoms with van der Waals surface area (Å²) < 4.78 is 15.4. The van der Waals surface area contributed by atoms with Gasteiger partial charge in [-0.05, 0) is 30.5 Å². The van der Waals surface area contributed by atoms with Gasteiger partial charge in [-0.25, -0.2) is 9.98 Å². The highest BCUT2D eigenvalue weighted by Crippen LogP contribution is 2.34. The van der Waals surface area contributed by atoms with Gasteiger partial charge in [0.15, 0.2) is 11.6 Å². The number of rotatable bonds is 5. The molecule has 0 unspecified atom stereocenters. The van der Waals surface area contributed by atoms with Crippen molar-refractivity contribution in [1.82, 2.24) is 24.3 Å². The molecule has 3 aromatic rings. The molecule has 0 fully saturated rings. The van der Waals surface area contributed by atoms with Gasteiger partial charge in [0.05, 0.1) is 24.0 Å². The molecule has 0 N–H and O–H groups in total. The molecular formula is C21H23ClN6O2. The Labute approximate surface area is 179 Å². The number of aromatic nitrogens is 5. The molecule has 0 aliphatic carbocycles. The van der Waals surface area contributed by atoms with Gasteiger partial charge >= 0.3 is 0 Å². The average Bonchev–Trinajstić information content (AvgIpc) is 3.40. The van der Waals surface area contributed by atoms with E-state index in [1.807, 2.05) is 29.1 Å². The predicted octanol–water partition coefficient (Wildman–Crippen LogP) is 3.48. The molecule has 0 spiro atoms. The number of methoxy groups -OCH3 is 1. The smallest absolute Gasteiger partial charge is 0.237 e. The average molecular weight is 427 g/mol. The van der Waals surface area contributed by atoms with E-state index >= 15 is 0 Å². The van der Waals surface area contributed by atoms with Crippen LogP contribution >= 0.6 is 11.6 Å². The Balaban J connectivity index is 1.65. The monoisotopic (exact) mass is 426 g/mol. The fraction of sp³-hybridized carbons (Fsp3) is 0.429. The van der Waals surface area contributed by atoms with Gasteiger partial charge in [0.2, 0.25) is 5.90 Å². The summed E-state index contributed by atoms with van der Waals surface area (Å²) in [5.74, 6) is 2.66. The summed E-state index contributed by atoms with van der Waals surface area (Å²) in [6.45, 7) is 5.88. The van der Waals surface area contributed by atoms with E-state index in [1.165, 1.54) is 0 Å². The maximum Gasteiger partial charge on any atom is 0.237 e. The Bertz CT molecular complexity index is 1130. The number of ether oxygens (including phenoxy) is 2. The van der Waals surface area contributed by atoms with E-state index in [9.17, 15) is 0 Å². The molecule has 1 atom stereocenters. The third-order valence-corrected chi connectivity index (χ3v) is 5.63. The number of imidazole rings is 1. The third-order valence-electron chi connectivity index (χ3n) is 5.39. The van der Waals surface area contributed by atoms with Crippen molar-refractivity contribution in [2.24, 2.45) is 10.9 Å². The van der Waals surface area contributed by atoms with Crippen molar-refractivity contribution >= 4 is 17.5 Å². The van der Waals surface area contributed by atoms with Crippen molar-refractivity contribution in [2.75, 3.05) is 13.7 Å². The minimum absolute atomic E-state index is 0.170. The molecule has 2 aromatic heterocycles. The molecule has 0 saturated carbocycles. The highest BCUT2D eigenvalue weighted by atomic mass is 35.5. The van der Waals surface area contributed by atoms with Crippen LogP contribution in [0.25, 0.3) is 17.1 Å². The molecule has 0 radical (unpaired) electrons. The lowest BCUT2D eigenvalue weighted by Gasteiger charge is -2.09. The standard InChI is InChI=1S/C21H23ClN6O2/c1-12(2)6-14-9-30-21(24-14)19-17-8-27-18(10-29-3)25-26-20(27)15-7-13(22)4-5-16(15)28(17)11-23-19/h4-5,7,11-12,14H,6,8-10H2,1-3H3/t14-/m1/s1. The van der Waals surface area contributed by atoms with Crippen molar-refractivity contribution in [3.8, 4) is 17.1 Å². The molecule has 2 aliphatic rings. The second kappa shape index (κ2) is 7.52. The first kappa shape index (κ1) is 19.3. The highest BCUT2D eigenvalue weighted by molar-refractivity contribution is 6.31. The van der Waals surface area contributed by atoms with Gasteiger partial charge in [-0.1, -0.05) is 25.4 Å². The molecule has 0 amide bonds. The van der Waals surface area contributed by atoms with E-state index in [-0.39, 0.29) is 6.04 Å². The Kier molecular flexibility index (Phi) is 4.83. The topological polar surface area (TPSA) is 79.3 Å². The Morgan fingerprint density at radius 3 is 2.97 bits per heavy atom. The molecular weight excluding hydrogens is 404 g/mol. The lowest BCUT2D eigenvalue weighted by molar-refractivity contribution is 0.174. The van der Waals surface area contributed by atoms with Crippen LogP contribution in [0.5, 0.6) is 0 Å². The van der Waals surface area contributed by atoms with Crippen LogP contribution in [0, 0.1) is 5.92 Å². The zero-order valence-corrected chi connectivity index (χ0v) is 17.9. The molecule has 4 heterocycles. The lowest BCUT2D eigenvalue weighted by atomic mass is 10.1. The third kappa shape index (κ3) is 3.20. The van der Waals surface area contributed by atoms with Gasteiger partial charge < -0.3 is 14.0 Å². The van der Waals surface area contributed by atoms with Crippen molar-refractivity contribution in [2.45, 2.75) is 39.5 Å². The van der Waals surface area contributed by atoms with E-state index in [0.717, 1.165) is 40.7 Å². The van der Waals surface area contributed by atoms with Gasteiger partial charge in [-0.2, -0.15) is 0 Å². The summed E-state index contributed by atoms with van der Waals surface area (Å²) in [7, 11) is 1.65. The summed E-state index contributed by atoms with van der Waals surface area (Å²) in [6.07, 6.45) is 2.81. The second-order valence-corrected chi connectivity index (χ2v) is 8.50. The highest BCUT2D eigenvalue weighted by Gasteiger charge is 2.30. The summed E-state index contributed by atoms with van der Waals surface area (Å²) in [4.78, 5) is 9.49. The molecule has 5 rings (SSSR count). The predicted molar refractivity (Wildman–Crippen MR) is 113 cm³/mol. The minimum atomic E-state index is 0.170. The van der Waals surface area contributed by atoms with E-state index in [2.05, 4.69) is 33.6 Å². The van der Waals surface area contributed by atoms with Gasteiger partial charge in [0.1, 0.15) is 25.2 Å². The minimum Gasteiger partial charge on any atom is -0.474 e. The number of halogens is 1. The molecule has 9 heteroatoms. The van der Waals surface area contributed by atoms with Crippen LogP contribution in [0.1, 0.15) is 37.5 Å². The van der Waals surface area contributed by atoms with E-state index in [0.29, 0.717) is 36.6 Å². The SMILES string of the molecule is COCc1nnc2n1Cc1c(C3=N[C@H](CC(C)C)CO3)ncn1-c1ccc(Cl)cc1-2. The summed E-state index contributed by atoms with van der Waals surface area (Å²) in [5, 5.41) is 9.41. The Hall–Kier alpha value is -2.71. The van der Waals surface area contributed by atoms with Crippen LogP contribution in [0.15, 0.2) is 29.5 Å². The van der Waals surface area contributed by atoms with E-state index in [1.54, 1.807) is 7.11 Å². The Morgan fingerprint density at radius 1 is 1.30 bits per heavy atom. The Morgan fingerprint density at radius 2 is 2.17 bits per heavy atom. The maximum atomic E-state index is 6.31. The normalized spacial score (nSPS) is 17.2. The van der Waals surface area contributed by atoms with E-state index in [4.69, 9.17) is 26.1 Å². The van der Waals surface area contributed by atoms with Crippen molar-refractivity contribution in [1.29, 1.82) is 0 Å². The second-order valence-electron chi connectivity index (χ2n) is 8.06. The van der Waals surface area contributed by atoms with Crippen LogP contribution in [-0.2, 0) is 22.6 Å². The lowest BCUT2D eigenvalue weighted by Crippen LogP contribution is -2.13. The first-order valence-electron chi connectivity index (χ1n) is 10.0. The van der Waals surface area contributed by atoms with Crippen LogP contribution in [0.4, 0.5) is 0 Å². The van der Waals surface area contributed by atoms with Gasteiger partial charge in [-0.15, -0.1) is 10.2 Å². The number of hydrogen-bond acceptors (Lipinski definition) is 6. The fourth-order valence-corrected chi connectivity index (χ4v) is 4.28. The molecule has 1 aromatic carbocycles. The maximum absolute atomic E-state index is 6.31. The molecule has 30 heavy (non-hydrogen) atoms. The molecule has 0 saturated heterocycles. The van der Waals surface area contributed by atoms with Gasteiger partial charge in [0.25, 0.3) is 0 Å². The van der Waals surface area contributed by atoms with Crippen LogP contribution in [0.3, 0.4) is 0 Å². The van der Waals surface area contributed by atoms with Crippen molar-refractivity contribution in [3.05, 3.63) is 46.8 Å². The zero-order chi connectivity index (χ0) is 20.8. The zero-order valence-electron chi connectivity index (χ0n) is 17.2. The number of hydrogen-bond donors (Lipinski definition) is 0. The molecule has 156 valence electrons. The van der Waals surface area contributed by atoms with Gasteiger partial charge in [0, 0.05) is 17.7 Å². The van der Waals surface area contributed by atoms with Crippen molar-refractivity contribution in [3.63, 3.8) is 0 Å². The molecule has 0 bridgehead atoms.